The molecular weight excluding hydrogens is 380 g/mol. The lowest BCUT2D eigenvalue weighted by molar-refractivity contribution is -0.173. The number of carbonyl (C=O) groups excluding carboxylic acids is 2. The summed E-state index contributed by atoms with van der Waals surface area (Å²) in [5.41, 5.74) is 0.873. The van der Waals surface area contributed by atoms with Crippen LogP contribution in [-0.4, -0.2) is 18.0 Å². The molecule has 0 fully saturated rings. The minimum absolute atomic E-state index is 0.157. The number of amides is 2. The van der Waals surface area contributed by atoms with Gasteiger partial charge in [0.25, 0.3) is 5.91 Å². The number of rotatable bonds is 4. The molecule has 4 nitrogen and oxygen atoms in total. The van der Waals surface area contributed by atoms with Crippen LogP contribution >= 0.6 is 23.2 Å². The van der Waals surface area contributed by atoms with Crippen molar-refractivity contribution in [2.24, 2.45) is 0 Å². The summed E-state index contributed by atoms with van der Waals surface area (Å²) in [6.45, 7) is -0.333. The topological polar surface area (TPSA) is 58.2 Å². The van der Waals surface area contributed by atoms with Crippen molar-refractivity contribution in [1.29, 1.82) is 0 Å². The van der Waals surface area contributed by atoms with Crippen LogP contribution in [0.5, 0.6) is 0 Å². The number of alkyl halides is 3. The third-order valence-electron chi connectivity index (χ3n) is 3.07. The van der Waals surface area contributed by atoms with E-state index in [-0.39, 0.29) is 17.1 Å². The second-order valence-corrected chi connectivity index (χ2v) is 5.80. The molecule has 0 saturated carbocycles. The van der Waals surface area contributed by atoms with Gasteiger partial charge in [-0.25, -0.2) is 0 Å². The van der Waals surface area contributed by atoms with E-state index in [4.69, 9.17) is 23.2 Å². The Labute approximate surface area is 150 Å². The molecule has 0 aliphatic carbocycles. The molecule has 132 valence electrons. The standard InChI is InChI=1S/C16H11Cl2F3N2O2/c17-10-4-5-13(18)12(7-10)14(24)23-11-3-1-2-9(6-11)8-22-15(25)16(19,20)21/h1-7H,8H2,(H,22,25)(H,23,24). The van der Waals surface area contributed by atoms with E-state index in [1.807, 2.05) is 0 Å². The number of nitrogens with one attached hydrogen (secondary N) is 2. The molecule has 2 aromatic carbocycles. The van der Waals surface area contributed by atoms with Gasteiger partial charge in [0.1, 0.15) is 0 Å². The van der Waals surface area contributed by atoms with Crippen LogP contribution in [0, 0.1) is 0 Å². The fraction of sp³-hybridized carbons (Fsp3) is 0.125. The molecule has 0 spiro atoms. The Morgan fingerprint density at radius 2 is 1.76 bits per heavy atom. The second kappa shape index (κ2) is 7.76. The molecule has 2 amide bonds. The molecule has 0 heterocycles. The van der Waals surface area contributed by atoms with Gasteiger partial charge < -0.3 is 10.6 Å². The quantitative estimate of drug-likeness (QED) is 0.811. The fourth-order valence-corrected chi connectivity index (χ4v) is 2.29. The number of benzene rings is 2. The van der Waals surface area contributed by atoms with Crippen molar-refractivity contribution in [3.05, 3.63) is 63.6 Å². The molecule has 0 saturated heterocycles. The van der Waals surface area contributed by atoms with Crippen molar-refractivity contribution in [2.75, 3.05) is 5.32 Å². The van der Waals surface area contributed by atoms with Crippen molar-refractivity contribution in [3.8, 4) is 0 Å². The Kier molecular flexibility index (Phi) is 5.92. The zero-order valence-corrected chi connectivity index (χ0v) is 14.0. The van der Waals surface area contributed by atoms with Gasteiger partial charge in [-0.1, -0.05) is 35.3 Å². The lowest BCUT2D eigenvalue weighted by Gasteiger charge is -2.10. The molecule has 0 aliphatic rings. The third-order valence-corrected chi connectivity index (χ3v) is 3.63. The first-order valence-corrected chi connectivity index (χ1v) is 7.63. The SMILES string of the molecule is O=C(Nc1cccc(CNC(=O)C(F)(F)F)c1)c1cc(Cl)ccc1Cl. The van der Waals surface area contributed by atoms with Gasteiger partial charge in [0.15, 0.2) is 0 Å². The first-order valence-electron chi connectivity index (χ1n) is 6.87. The van der Waals surface area contributed by atoms with E-state index in [9.17, 15) is 22.8 Å². The first kappa shape index (κ1) is 19.1. The highest BCUT2D eigenvalue weighted by Gasteiger charge is 2.38. The summed E-state index contributed by atoms with van der Waals surface area (Å²) in [5.74, 6) is -2.56. The maximum atomic E-state index is 12.2. The monoisotopic (exact) mass is 390 g/mol. The summed E-state index contributed by atoms with van der Waals surface area (Å²) in [4.78, 5) is 23.0. The minimum atomic E-state index is -4.95. The van der Waals surface area contributed by atoms with Crippen LogP contribution in [0.15, 0.2) is 42.5 Å². The van der Waals surface area contributed by atoms with Crippen molar-refractivity contribution < 1.29 is 22.8 Å². The normalized spacial score (nSPS) is 11.1. The van der Waals surface area contributed by atoms with Crippen LogP contribution in [-0.2, 0) is 11.3 Å². The molecular formula is C16H11Cl2F3N2O2. The van der Waals surface area contributed by atoms with Crippen LogP contribution in [0.2, 0.25) is 10.0 Å². The largest absolute Gasteiger partial charge is 0.471 e. The van der Waals surface area contributed by atoms with Crippen LogP contribution in [0.1, 0.15) is 15.9 Å². The molecule has 2 N–H and O–H groups in total. The molecule has 9 heteroatoms. The number of hydrogen-bond acceptors (Lipinski definition) is 2. The summed E-state index contributed by atoms with van der Waals surface area (Å²) in [7, 11) is 0. The number of hydrogen-bond donors (Lipinski definition) is 2. The van der Waals surface area contributed by atoms with Gasteiger partial charge in [0, 0.05) is 17.3 Å². The number of halogens is 5. The smallest absolute Gasteiger partial charge is 0.344 e. The maximum Gasteiger partial charge on any atom is 0.471 e. The van der Waals surface area contributed by atoms with Gasteiger partial charge in [0.2, 0.25) is 0 Å². The Morgan fingerprint density at radius 3 is 2.44 bits per heavy atom. The summed E-state index contributed by atoms with van der Waals surface area (Å²) in [6, 6.07) is 10.4. The molecule has 25 heavy (non-hydrogen) atoms. The predicted molar refractivity (Wildman–Crippen MR) is 88.8 cm³/mol. The second-order valence-electron chi connectivity index (χ2n) is 4.96. The highest BCUT2D eigenvalue weighted by molar-refractivity contribution is 6.36. The van der Waals surface area contributed by atoms with E-state index < -0.39 is 18.0 Å². The molecule has 0 atom stereocenters. The summed E-state index contributed by atoms with van der Waals surface area (Å²) >= 11 is 11.8. The zero-order valence-electron chi connectivity index (χ0n) is 12.5. The Hall–Kier alpha value is -2.25. The zero-order chi connectivity index (χ0) is 18.6. The Balaban J connectivity index is 2.07. The van der Waals surface area contributed by atoms with E-state index in [0.717, 1.165) is 0 Å². The summed E-state index contributed by atoms with van der Waals surface area (Å²) in [6.07, 6.45) is -4.95. The van der Waals surface area contributed by atoms with Gasteiger partial charge in [-0.05, 0) is 35.9 Å². The Bertz CT molecular complexity index is 810. The third kappa shape index (κ3) is 5.37. The highest BCUT2D eigenvalue weighted by Crippen LogP contribution is 2.22. The van der Waals surface area contributed by atoms with E-state index >= 15 is 0 Å². The molecule has 0 unspecified atom stereocenters. The van der Waals surface area contributed by atoms with Gasteiger partial charge in [-0.2, -0.15) is 13.2 Å². The lowest BCUT2D eigenvalue weighted by atomic mass is 10.1. The molecule has 0 radical (unpaired) electrons. The highest BCUT2D eigenvalue weighted by atomic mass is 35.5. The number of carbonyl (C=O) groups is 2. The van der Waals surface area contributed by atoms with E-state index in [0.29, 0.717) is 16.3 Å². The number of anilines is 1. The van der Waals surface area contributed by atoms with E-state index in [1.54, 1.807) is 11.4 Å². The predicted octanol–water partition coefficient (Wildman–Crippen LogP) is 4.42. The van der Waals surface area contributed by atoms with Crippen LogP contribution in [0.3, 0.4) is 0 Å². The van der Waals surface area contributed by atoms with Crippen LogP contribution in [0.25, 0.3) is 0 Å². The van der Waals surface area contributed by atoms with Crippen molar-refractivity contribution in [2.45, 2.75) is 12.7 Å². The molecule has 0 aromatic heterocycles. The molecule has 0 aliphatic heterocycles. The minimum Gasteiger partial charge on any atom is -0.344 e. The van der Waals surface area contributed by atoms with Crippen LogP contribution in [0.4, 0.5) is 18.9 Å². The van der Waals surface area contributed by atoms with Crippen molar-refractivity contribution in [3.63, 3.8) is 0 Å². The molecule has 0 bridgehead atoms. The molecule has 2 aromatic rings. The van der Waals surface area contributed by atoms with Gasteiger partial charge in [-0.3, -0.25) is 9.59 Å². The van der Waals surface area contributed by atoms with Gasteiger partial charge >= 0.3 is 12.1 Å². The average molecular weight is 391 g/mol. The van der Waals surface area contributed by atoms with Gasteiger partial charge in [-0.15, -0.1) is 0 Å². The van der Waals surface area contributed by atoms with E-state index in [1.165, 1.54) is 36.4 Å². The summed E-state index contributed by atoms with van der Waals surface area (Å²) in [5, 5.41) is 4.86. The lowest BCUT2D eigenvalue weighted by Crippen LogP contribution is -2.36. The van der Waals surface area contributed by atoms with Gasteiger partial charge in [0.05, 0.1) is 10.6 Å². The fourth-order valence-electron chi connectivity index (χ4n) is 1.91. The van der Waals surface area contributed by atoms with E-state index in [2.05, 4.69) is 5.32 Å². The Morgan fingerprint density at radius 1 is 1.04 bits per heavy atom. The van der Waals surface area contributed by atoms with Crippen LogP contribution < -0.4 is 10.6 Å². The van der Waals surface area contributed by atoms with Crippen molar-refractivity contribution >= 4 is 40.7 Å². The summed E-state index contributed by atoms with van der Waals surface area (Å²) < 4.78 is 36.5. The maximum absolute atomic E-state index is 12.2. The van der Waals surface area contributed by atoms with Crippen molar-refractivity contribution in [1.82, 2.24) is 5.32 Å². The molecule has 2 rings (SSSR count). The first-order chi connectivity index (χ1) is 11.7. The average Bonchev–Trinajstić information content (AvgIpc) is 2.54.